The fraction of sp³-hybridized carbons (Fsp3) is 0.889. The Morgan fingerprint density at radius 3 is 2.41 bits per heavy atom. The van der Waals surface area contributed by atoms with E-state index in [0.29, 0.717) is 0 Å². The van der Waals surface area contributed by atoms with E-state index in [1.807, 2.05) is 0 Å². The highest BCUT2D eigenvalue weighted by atomic mass is 32.2. The van der Waals surface area contributed by atoms with Crippen molar-refractivity contribution >= 4 is 16.1 Å². The van der Waals surface area contributed by atoms with Gasteiger partial charge in [-0.3, -0.25) is 4.18 Å². The van der Waals surface area contributed by atoms with Crippen molar-refractivity contribution in [1.29, 1.82) is 0 Å². The Morgan fingerprint density at radius 2 is 2.06 bits per heavy atom. The molecule has 8 heteroatoms. The minimum absolute atomic E-state index is 0.0578. The summed E-state index contributed by atoms with van der Waals surface area (Å²) >= 11 is 0. The third-order valence-electron chi connectivity index (χ3n) is 2.08. The molecule has 1 aliphatic rings. The molecular weight excluding hydrogens is 252 g/mol. The van der Waals surface area contributed by atoms with Crippen LogP contribution < -0.4 is 0 Å². The Labute approximate surface area is 100 Å². The van der Waals surface area contributed by atoms with Gasteiger partial charge in [0.2, 0.25) is 6.10 Å². The van der Waals surface area contributed by atoms with Crippen molar-refractivity contribution in [1.82, 2.24) is 0 Å². The van der Waals surface area contributed by atoms with Gasteiger partial charge in [-0.05, 0) is 13.8 Å². The van der Waals surface area contributed by atoms with Crippen LogP contribution in [0, 0.1) is 0 Å². The van der Waals surface area contributed by atoms with Crippen LogP contribution in [0.4, 0.5) is 0 Å². The van der Waals surface area contributed by atoms with Crippen LogP contribution in [0.25, 0.3) is 0 Å². The first-order valence-corrected chi connectivity index (χ1v) is 6.74. The average Bonchev–Trinajstić information content (AvgIpc) is 2.52. The van der Waals surface area contributed by atoms with E-state index in [1.165, 1.54) is 0 Å². The Hall–Kier alpha value is -0.700. The van der Waals surface area contributed by atoms with Crippen molar-refractivity contribution < 1.29 is 31.6 Å². The van der Waals surface area contributed by atoms with Crippen LogP contribution in [0.15, 0.2) is 0 Å². The monoisotopic (exact) mass is 268 g/mol. The van der Waals surface area contributed by atoms with Crippen LogP contribution in [0.5, 0.6) is 0 Å². The quantitative estimate of drug-likeness (QED) is 0.509. The smallest absolute Gasteiger partial charge is 0.339 e. The molecule has 1 heterocycles. The van der Waals surface area contributed by atoms with Gasteiger partial charge in [-0.1, -0.05) is 0 Å². The van der Waals surface area contributed by atoms with Crippen molar-refractivity contribution in [3.05, 3.63) is 0 Å². The zero-order chi connectivity index (χ0) is 13.3. The van der Waals surface area contributed by atoms with Gasteiger partial charge in [0, 0.05) is 0 Å². The number of carbonyl (C=O) groups excluding carboxylic acids is 1. The van der Waals surface area contributed by atoms with E-state index in [1.54, 1.807) is 13.8 Å². The van der Waals surface area contributed by atoms with E-state index in [2.05, 4.69) is 8.92 Å². The van der Waals surface area contributed by atoms with Gasteiger partial charge in [-0.15, -0.1) is 0 Å². The van der Waals surface area contributed by atoms with Crippen molar-refractivity contribution in [2.45, 2.75) is 31.8 Å². The molecule has 0 radical (unpaired) electrons. The molecular formula is C9H16O7S. The molecule has 0 saturated carbocycles. The summed E-state index contributed by atoms with van der Waals surface area (Å²) in [5.74, 6) is -1.70. The molecule has 0 bridgehead atoms. The second-order valence-electron chi connectivity index (χ2n) is 4.11. The minimum atomic E-state index is -3.79. The summed E-state index contributed by atoms with van der Waals surface area (Å²) in [7, 11) is -2.65. The molecule has 0 aromatic heterocycles. The van der Waals surface area contributed by atoms with Gasteiger partial charge in [-0.25, -0.2) is 4.79 Å². The number of rotatable bonds is 4. The van der Waals surface area contributed by atoms with Gasteiger partial charge in [0.05, 0.1) is 20.0 Å². The van der Waals surface area contributed by atoms with Crippen LogP contribution in [0.3, 0.4) is 0 Å². The van der Waals surface area contributed by atoms with E-state index >= 15 is 0 Å². The molecule has 0 amide bonds. The number of esters is 1. The standard InChI is InChI=1S/C9H16O7S/c1-9(2)14-5-6(15-9)7(8(10)13-3)16-17(4,11)12/h6-7H,5H2,1-4H3/t6-,7?/m1/s1. The molecule has 1 unspecified atom stereocenters. The lowest BCUT2D eigenvalue weighted by Gasteiger charge is -2.21. The average molecular weight is 268 g/mol. The number of carbonyl (C=O) groups is 1. The Bertz CT molecular complexity index is 386. The molecule has 1 rings (SSSR count). The molecule has 0 aromatic rings. The normalized spacial score (nSPS) is 25.5. The zero-order valence-corrected chi connectivity index (χ0v) is 10.9. The highest BCUT2D eigenvalue weighted by molar-refractivity contribution is 7.86. The van der Waals surface area contributed by atoms with Crippen LogP contribution in [-0.4, -0.2) is 52.4 Å². The SMILES string of the molecule is COC(=O)C(OS(C)(=O)=O)[C@H]1COC(C)(C)O1. The molecule has 17 heavy (non-hydrogen) atoms. The van der Waals surface area contributed by atoms with Crippen LogP contribution in [0.1, 0.15) is 13.8 Å². The van der Waals surface area contributed by atoms with Gasteiger partial charge in [0.1, 0.15) is 6.10 Å². The Morgan fingerprint density at radius 1 is 1.47 bits per heavy atom. The van der Waals surface area contributed by atoms with Gasteiger partial charge < -0.3 is 14.2 Å². The molecule has 1 aliphatic heterocycles. The van der Waals surface area contributed by atoms with E-state index < -0.39 is 34.1 Å². The molecule has 0 aliphatic carbocycles. The lowest BCUT2D eigenvalue weighted by molar-refractivity contribution is -0.167. The maximum Gasteiger partial charge on any atom is 0.339 e. The molecule has 1 saturated heterocycles. The summed E-state index contributed by atoms with van der Waals surface area (Å²) in [4.78, 5) is 11.4. The summed E-state index contributed by atoms with van der Waals surface area (Å²) in [6, 6.07) is 0. The van der Waals surface area contributed by atoms with Crippen molar-refractivity contribution in [3.8, 4) is 0 Å². The first kappa shape index (κ1) is 14.4. The van der Waals surface area contributed by atoms with Crippen LogP contribution in [-0.2, 0) is 33.3 Å². The van der Waals surface area contributed by atoms with E-state index in [9.17, 15) is 13.2 Å². The Kier molecular flexibility index (Phi) is 4.13. The topological polar surface area (TPSA) is 88.1 Å². The summed E-state index contributed by atoms with van der Waals surface area (Å²) in [6.07, 6.45) is -1.31. The highest BCUT2D eigenvalue weighted by Gasteiger charge is 2.43. The second kappa shape index (κ2) is 4.89. The minimum Gasteiger partial charge on any atom is -0.467 e. The molecule has 0 spiro atoms. The summed E-state index contributed by atoms with van der Waals surface area (Å²) in [5.41, 5.74) is 0. The van der Waals surface area contributed by atoms with Crippen LogP contribution >= 0.6 is 0 Å². The summed E-state index contributed by atoms with van der Waals surface area (Å²) in [5, 5.41) is 0. The molecule has 2 atom stereocenters. The first-order valence-electron chi connectivity index (χ1n) is 4.92. The zero-order valence-electron chi connectivity index (χ0n) is 10.1. The van der Waals surface area contributed by atoms with Gasteiger partial charge in [-0.2, -0.15) is 8.42 Å². The predicted molar refractivity (Wildman–Crippen MR) is 56.6 cm³/mol. The molecule has 0 aromatic carbocycles. The van der Waals surface area contributed by atoms with Crippen molar-refractivity contribution in [3.63, 3.8) is 0 Å². The maximum atomic E-state index is 11.4. The van der Waals surface area contributed by atoms with Gasteiger partial charge in [0.15, 0.2) is 5.79 Å². The number of hydrogen-bond donors (Lipinski definition) is 0. The fourth-order valence-electron chi connectivity index (χ4n) is 1.42. The first-order chi connectivity index (χ1) is 7.64. The van der Waals surface area contributed by atoms with E-state index in [4.69, 9.17) is 9.47 Å². The van der Waals surface area contributed by atoms with E-state index in [-0.39, 0.29) is 6.61 Å². The Balaban J connectivity index is 2.81. The number of hydrogen-bond acceptors (Lipinski definition) is 7. The van der Waals surface area contributed by atoms with Gasteiger partial charge >= 0.3 is 5.97 Å². The third kappa shape index (κ3) is 4.23. The molecule has 100 valence electrons. The largest absolute Gasteiger partial charge is 0.467 e. The lowest BCUT2D eigenvalue weighted by atomic mass is 10.2. The lowest BCUT2D eigenvalue weighted by Crippen LogP contribution is -2.41. The van der Waals surface area contributed by atoms with Crippen molar-refractivity contribution in [2.24, 2.45) is 0 Å². The molecule has 7 nitrogen and oxygen atoms in total. The predicted octanol–water partition coefficient (Wildman–Crippen LogP) is -0.344. The summed E-state index contributed by atoms with van der Waals surface area (Å²) < 4.78 is 41.8. The van der Waals surface area contributed by atoms with Gasteiger partial charge in [0.25, 0.3) is 10.1 Å². The van der Waals surface area contributed by atoms with Crippen LogP contribution in [0.2, 0.25) is 0 Å². The maximum absolute atomic E-state index is 11.4. The fourth-order valence-corrected chi connectivity index (χ4v) is 2.00. The molecule has 1 fully saturated rings. The molecule has 0 N–H and O–H groups in total. The summed E-state index contributed by atoms with van der Waals surface area (Å²) in [6.45, 7) is 3.37. The number of methoxy groups -OCH3 is 1. The second-order valence-corrected chi connectivity index (χ2v) is 5.71. The van der Waals surface area contributed by atoms with E-state index in [0.717, 1.165) is 13.4 Å². The number of ether oxygens (including phenoxy) is 3. The van der Waals surface area contributed by atoms with Crippen molar-refractivity contribution in [2.75, 3.05) is 20.0 Å². The third-order valence-corrected chi connectivity index (χ3v) is 2.64. The highest BCUT2D eigenvalue weighted by Crippen LogP contribution is 2.26.